The molecule has 0 aromatic heterocycles. The molecule has 4 amide bonds. The zero-order valence-corrected chi connectivity index (χ0v) is 22.9. The quantitative estimate of drug-likeness (QED) is 0.237. The third-order valence-corrected chi connectivity index (χ3v) is 7.76. The van der Waals surface area contributed by atoms with Crippen molar-refractivity contribution in [3.05, 3.63) is 12.2 Å². The Balaban J connectivity index is 2.17. The summed E-state index contributed by atoms with van der Waals surface area (Å²) in [5.74, 6) is -1.62. The van der Waals surface area contributed by atoms with Crippen molar-refractivity contribution in [3.63, 3.8) is 0 Å². The molecule has 3 aliphatic rings. The number of hydrogen-bond acceptors (Lipinski definition) is 7. The second-order valence-electron chi connectivity index (χ2n) is 13.0. The van der Waals surface area contributed by atoms with Gasteiger partial charge >= 0.3 is 6.03 Å². The Morgan fingerprint density at radius 2 is 1.27 bits per heavy atom. The first-order valence-corrected chi connectivity index (χ1v) is 12.6. The van der Waals surface area contributed by atoms with E-state index in [1.54, 1.807) is 12.2 Å². The summed E-state index contributed by atoms with van der Waals surface area (Å²) < 4.78 is 0. The molecular formula is C27H37N5O5. The minimum absolute atomic E-state index is 0.133. The highest BCUT2D eigenvalue weighted by atomic mass is 16.2. The van der Waals surface area contributed by atoms with Crippen LogP contribution in [-0.2, 0) is 19.2 Å². The molecule has 1 saturated heterocycles. The van der Waals surface area contributed by atoms with Gasteiger partial charge in [0.1, 0.15) is 0 Å². The molecule has 0 bridgehead atoms. The Morgan fingerprint density at radius 3 is 1.68 bits per heavy atom. The summed E-state index contributed by atoms with van der Waals surface area (Å²) in [6.45, 7) is 16.8. The molecule has 2 saturated carbocycles. The van der Waals surface area contributed by atoms with Crippen LogP contribution < -0.4 is 0 Å². The molecule has 10 nitrogen and oxygen atoms in total. The van der Waals surface area contributed by atoms with Crippen LogP contribution in [0.3, 0.4) is 0 Å². The maximum Gasteiger partial charge on any atom is 0.333 e. The van der Waals surface area contributed by atoms with Crippen LogP contribution >= 0.6 is 0 Å². The van der Waals surface area contributed by atoms with E-state index in [4.69, 9.17) is 0 Å². The van der Waals surface area contributed by atoms with Gasteiger partial charge in [0.2, 0.25) is 18.0 Å². The molecule has 200 valence electrons. The summed E-state index contributed by atoms with van der Waals surface area (Å²) in [7, 11) is 0. The number of carbonyl (C=O) groups is 3. The van der Waals surface area contributed by atoms with Crippen LogP contribution in [0, 0.1) is 10.8 Å². The molecule has 10 heteroatoms. The number of isocyanates is 2. The molecule has 0 aromatic rings. The zero-order chi connectivity index (χ0) is 28.0. The van der Waals surface area contributed by atoms with Gasteiger partial charge in [-0.15, -0.1) is 0 Å². The van der Waals surface area contributed by atoms with Crippen LogP contribution in [0.5, 0.6) is 0 Å². The highest BCUT2D eigenvalue weighted by molar-refractivity contribution is 6.48. The van der Waals surface area contributed by atoms with Gasteiger partial charge in [-0.1, -0.05) is 34.3 Å². The molecule has 1 aliphatic heterocycles. The second-order valence-corrected chi connectivity index (χ2v) is 13.0. The van der Waals surface area contributed by atoms with Crippen molar-refractivity contribution in [3.8, 4) is 0 Å². The first-order chi connectivity index (χ1) is 17.0. The standard InChI is InChI=1S/C27H37N5O5/c1-17(2)21(35)30-20-22(36)32(27(8)12-19(29-16-34)10-25(5,6)14-27)23(37)31(20)26(7)11-18(28-15-33)9-24(3,4)13-26/h18-19H,1,9-14H2,2-8H3. The van der Waals surface area contributed by atoms with Crippen LogP contribution in [0.15, 0.2) is 27.1 Å². The number of nitrogens with zero attached hydrogens (tertiary/aromatic N) is 5. The summed E-state index contributed by atoms with van der Waals surface area (Å²) in [6, 6.07) is -1.40. The van der Waals surface area contributed by atoms with Gasteiger partial charge in [0, 0.05) is 5.57 Å². The van der Waals surface area contributed by atoms with Gasteiger partial charge < -0.3 is 0 Å². The average Bonchev–Trinajstić information content (AvgIpc) is 2.96. The number of amides is 4. The van der Waals surface area contributed by atoms with Crippen molar-refractivity contribution in [1.29, 1.82) is 0 Å². The molecular weight excluding hydrogens is 474 g/mol. The number of imide groups is 1. The van der Waals surface area contributed by atoms with Crippen LogP contribution in [0.2, 0.25) is 0 Å². The molecule has 2 aliphatic carbocycles. The average molecular weight is 512 g/mol. The van der Waals surface area contributed by atoms with Crippen molar-refractivity contribution in [2.75, 3.05) is 0 Å². The van der Waals surface area contributed by atoms with Gasteiger partial charge in [-0.05, 0) is 70.1 Å². The summed E-state index contributed by atoms with van der Waals surface area (Å²) >= 11 is 0. The lowest BCUT2D eigenvalue weighted by atomic mass is 9.66. The number of hydrogen-bond donors (Lipinski definition) is 0. The Hall–Kier alpha value is -3.22. The number of amidine groups is 1. The van der Waals surface area contributed by atoms with E-state index < -0.39 is 41.0 Å². The third-order valence-electron chi connectivity index (χ3n) is 7.76. The van der Waals surface area contributed by atoms with Crippen molar-refractivity contribution < 1.29 is 24.0 Å². The summed E-state index contributed by atoms with van der Waals surface area (Å²) in [5.41, 5.74) is -2.45. The van der Waals surface area contributed by atoms with E-state index in [-0.39, 0.29) is 22.2 Å². The second kappa shape index (κ2) is 9.58. The SMILES string of the molecule is C=C(C)C(=O)N=C1C(=O)N(C2(C)CC(N=C=O)CC(C)(C)C2)C(=O)N1C1(C)CC(N=C=O)CC(C)(C)C1. The number of carbonyl (C=O) groups excluding carboxylic acids is 5. The maximum absolute atomic E-state index is 14.2. The maximum atomic E-state index is 14.2. The number of aliphatic imine (C=N–C) groups is 3. The zero-order valence-electron chi connectivity index (χ0n) is 22.9. The Labute approximate surface area is 218 Å². The molecule has 1 heterocycles. The lowest BCUT2D eigenvalue weighted by Gasteiger charge is -2.50. The molecule has 0 aromatic carbocycles. The van der Waals surface area contributed by atoms with Gasteiger partial charge in [0.05, 0.1) is 23.2 Å². The molecule has 0 radical (unpaired) electrons. The molecule has 0 N–H and O–H groups in total. The van der Waals surface area contributed by atoms with Crippen molar-refractivity contribution in [2.45, 2.75) is 110 Å². The van der Waals surface area contributed by atoms with Gasteiger partial charge in [-0.3, -0.25) is 19.4 Å². The van der Waals surface area contributed by atoms with E-state index in [1.807, 2.05) is 41.5 Å². The van der Waals surface area contributed by atoms with Crippen molar-refractivity contribution >= 4 is 35.8 Å². The van der Waals surface area contributed by atoms with E-state index in [0.717, 1.165) is 0 Å². The lowest BCUT2D eigenvalue weighted by molar-refractivity contribution is -0.127. The summed E-state index contributed by atoms with van der Waals surface area (Å²) in [5, 5.41) is 0. The first-order valence-electron chi connectivity index (χ1n) is 12.6. The van der Waals surface area contributed by atoms with E-state index >= 15 is 0 Å². The minimum Gasteiger partial charge on any atom is -0.267 e. The third kappa shape index (κ3) is 5.55. The Morgan fingerprint density at radius 1 is 0.838 bits per heavy atom. The largest absolute Gasteiger partial charge is 0.333 e. The van der Waals surface area contributed by atoms with E-state index in [2.05, 4.69) is 21.6 Å². The molecule has 37 heavy (non-hydrogen) atoms. The number of urea groups is 1. The Bertz CT molecular complexity index is 1160. The van der Waals surface area contributed by atoms with Crippen LogP contribution in [0.1, 0.15) is 87.0 Å². The summed E-state index contributed by atoms with van der Waals surface area (Å²) in [4.78, 5) is 77.6. The van der Waals surface area contributed by atoms with Gasteiger partial charge in [0.15, 0.2) is 0 Å². The van der Waals surface area contributed by atoms with E-state index in [0.29, 0.717) is 38.5 Å². The molecule has 4 unspecified atom stereocenters. The fraction of sp³-hybridized carbons (Fsp3) is 0.704. The monoisotopic (exact) mass is 511 g/mol. The van der Waals surface area contributed by atoms with Gasteiger partial charge in [-0.25, -0.2) is 24.4 Å². The molecule has 3 fully saturated rings. The van der Waals surface area contributed by atoms with E-state index in [9.17, 15) is 24.0 Å². The minimum atomic E-state index is -0.983. The van der Waals surface area contributed by atoms with Gasteiger partial charge in [-0.2, -0.15) is 4.99 Å². The Kier molecular flexibility index (Phi) is 7.34. The van der Waals surface area contributed by atoms with Crippen molar-refractivity contribution in [2.24, 2.45) is 25.8 Å². The van der Waals surface area contributed by atoms with Gasteiger partial charge in [0.25, 0.3) is 11.8 Å². The fourth-order valence-electron chi connectivity index (χ4n) is 7.18. The predicted molar refractivity (Wildman–Crippen MR) is 137 cm³/mol. The predicted octanol–water partition coefficient (Wildman–Crippen LogP) is 4.10. The van der Waals surface area contributed by atoms with Crippen LogP contribution in [0.25, 0.3) is 0 Å². The fourth-order valence-corrected chi connectivity index (χ4v) is 7.18. The lowest BCUT2D eigenvalue weighted by Crippen LogP contribution is -2.59. The molecule has 3 rings (SSSR count). The first kappa shape index (κ1) is 28.4. The molecule has 0 spiro atoms. The highest BCUT2D eigenvalue weighted by Crippen LogP contribution is 2.50. The van der Waals surface area contributed by atoms with Crippen molar-refractivity contribution in [1.82, 2.24) is 9.80 Å². The van der Waals surface area contributed by atoms with E-state index in [1.165, 1.54) is 16.7 Å². The molecule has 4 atom stereocenters. The van der Waals surface area contributed by atoms with Crippen LogP contribution in [-0.4, -0.2) is 68.8 Å². The topological polar surface area (TPSA) is 129 Å². The highest BCUT2D eigenvalue weighted by Gasteiger charge is 2.60. The normalized spacial score (nSPS) is 34.1. The van der Waals surface area contributed by atoms with Crippen LogP contribution in [0.4, 0.5) is 4.79 Å². The smallest absolute Gasteiger partial charge is 0.267 e. The summed E-state index contributed by atoms with van der Waals surface area (Å²) in [6.07, 6.45) is 6.06. The number of rotatable bonds is 5.